The van der Waals surface area contributed by atoms with Crippen LogP contribution in [0.2, 0.25) is 0 Å². The molecule has 3 heterocycles. The first-order chi connectivity index (χ1) is 51.3. The van der Waals surface area contributed by atoms with E-state index in [1.165, 1.54) is 238 Å². The molecule has 0 bridgehead atoms. The van der Waals surface area contributed by atoms with E-state index in [2.05, 4.69) is 79.9 Å². The van der Waals surface area contributed by atoms with Gasteiger partial charge in [0.2, 0.25) is 5.91 Å². The lowest BCUT2D eigenvalue weighted by molar-refractivity contribution is -0.379. The number of hydrogen-bond acceptors (Lipinski definition) is 18. The fraction of sp³-hybridized carbons (Fsp3) is 0.872. The summed E-state index contributed by atoms with van der Waals surface area (Å²) in [6.07, 6.45) is 59.0. The van der Waals surface area contributed by atoms with Crippen LogP contribution in [0, 0.1) is 0 Å². The highest BCUT2D eigenvalue weighted by atomic mass is 16.8. The van der Waals surface area contributed by atoms with Gasteiger partial charge in [-0.25, -0.2) is 0 Å². The normalized spacial score (nSPS) is 26.0. The van der Waals surface area contributed by atoms with Gasteiger partial charge in [-0.15, -0.1) is 0 Å². The van der Waals surface area contributed by atoms with Gasteiger partial charge in [-0.2, -0.15) is 0 Å². The molecule has 19 nitrogen and oxygen atoms in total. The molecule has 0 aromatic heterocycles. The number of rotatable bonds is 69. The van der Waals surface area contributed by atoms with Gasteiger partial charge in [-0.1, -0.05) is 344 Å². The molecule has 0 aromatic rings. The number of allylic oxidation sites excluding steroid dienone is 10. The third-order valence-electron chi connectivity index (χ3n) is 21.4. The van der Waals surface area contributed by atoms with Crippen LogP contribution in [-0.4, -0.2) is 193 Å². The second kappa shape index (κ2) is 66.1. The number of amides is 1. The molecule has 17 unspecified atom stereocenters. The number of carbonyl (C=O) groups excluding carboxylic acids is 1. The fourth-order valence-electron chi connectivity index (χ4n) is 14.5. The van der Waals surface area contributed by atoms with Crippen LogP contribution in [-0.2, 0) is 33.2 Å². The molecule has 3 fully saturated rings. The SMILES string of the molecule is CC/C=C\C/C=C\C/C=C\C/C=C\C/C=C\CCCCCCCCCCCCCCCCCCCCCCCCCC(=O)NC(COC1OC(CO)C(OC2OC(CO)C(OC3OC(CO)C(O)C(O)C3O)C(O)C2O)C(O)C1O)C(O)CCCCCCCCCCCCCCCCCCCCCCC. The molecule has 1 amide bonds. The number of carbonyl (C=O) groups is 1. The summed E-state index contributed by atoms with van der Waals surface area (Å²) >= 11 is 0. The Labute approximate surface area is 636 Å². The quantitative estimate of drug-likeness (QED) is 0.0199. The molecular weight excluding hydrogens is 1330 g/mol. The lowest BCUT2D eigenvalue weighted by Crippen LogP contribution is -2.66. The predicted octanol–water partition coefficient (Wildman–Crippen LogP) is 15.4. The van der Waals surface area contributed by atoms with Crippen LogP contribution < -0.4 is 5.32 Å². The second-order valence-corrected chi connectivity index (χ2v) is 30.6. The smallest absolute Gasteiger partial charge is 0.220 e. The largest absolute Gasteiger partial charge is 0.394 e. The third kappa shape index (κ3) is 45.6. The Kier molecular flexibility index (Phi) is 60.9. The van der Waals surface area contributed by atoms with E-state index in [0.29, 0.717) is 12.8 Å². The van der Waals surface area contributed by atoms with E-state index in [9.17, 15) is 61.0 Å². The topological polar surface area (TPSA) is 307 Å². The summed E-state index contributed by atoms with van der Waals surface area (Å²) in [6, 6.07) is -0.888. The molecule has 3 aliphatic rings. The average molecular weight is 1490 g/mol. The number of aliphatic hydroxyl groups is 11. The van der Waals surface area contributed by atoms with Gasteiger partial charge in [-0.05, 0) is 57.8 Å². The molecule has 17 atom stereocenters. The first-order valence-electron chi connectivity index (χ1n) is 43.0. The molecule has 0 aliphatic carbocycles. The molecule has 3 aliphatic heterocycles. The molecule has 3 saturated heterocycles. The van der Waals surface area contributed by atoms with Gasteiger partial charge in [-0.3, -0.25) is 4.79 Å². The first-order valence-corrected chi connectivity index (χ1v) is 43.0. The van der Waals surface area contributed by atoms with Crippen molar-refractivity contribution < 1.29 is 89.4 Å². The van der Waals surface area contributed by atoms with E-state index < -0.39 is 124 Å². The third-order valence-corrected chi connectivity index (χ3v) is 21.4. The zero-order valence-electron chi connectivity index (χ0n) is 66.0. The van der Waals surface area contributed by atoms with E-state index in [-0.39, 0.29) is 18.9 Å². The van der Waals surface area contributed by atoms with E-state index in [0.717, 1.165) is 77.0 Å². The molecule has 12 N–H and O–H groups in total. The molecule has 19 heteroatoms. The molecule has 0 radical (unpaired) electrons. The predicted molar refractivity (Wildman–Crippen MR) is 420 cm³/mol. The Morgan fingerprint density at radius 1 is 0.352 bits per heavy atom. The molecule has 3 rings (SSSR count). The highest BCUT2D eigenvalue weighted by Gasteiger charge is 2.54. The Balaban J connectivity index is 1.30. The average Bonchev–Trinajstić information content (AvgIpc) is 0.780. The number of aliphatic hydroxyl groups excluding tert-OH is 11. The van der Waals surface area contributed by atoms with Crippen LogP contribution >= 0.6 is 0 Å². The summed E-state index contributed by atoms with van der Waals surface area (Å²) in [4.78, 5) is 13.5. The van der Waals surface area contributed by atoms with E-state index in [1.807, 2.05) is 0 Å². The van der Waals surface area contributed by atoms with Crippen molar-refractivity contribution >= 4 is 5.91 Å². The number of ether oxygens (including phenoxy) is 6. The maximum Gasteiger partial charge on any atom is 0.220 e. The van der Waals surface area contributed by atoms with Gasteiger partial charge in [0.15, 0.2) is 18.9 Å². The van der Waals surface area contributed by atoms with Gasteiger partial charge in [0, 0.05) is 6.42 Å². The van der Waals surface area contributed by atoms with Gasteiger partial charge in [0.25, 0.3) is 0 Å². The molecule has 614 valence electrons. The summed E-state index contributed by atoms with van der Waals surface area (Å²) in [7, 11) is 0. The molecular formula is C86H157NO18. The van der Waals surface area contributed by atoms with Crippen LogP contribution in [0.3, 0.4) is 0 Å². The van der Waals surface area contributed by atoms with Crippen molar-refractivity contribution in [1.82, 2.24) is 5.32 Å². The maximum atomic E-state index is 13.5. The Bertz CT molecular complexity index is 2130. The van der Waals surface area contributed by atoms with Crippen molar-refractivity contribution in [2.45, 2.75) is 452 Å². The molecule has 0 aromatic carbocycles. The van der Waals surface area contributed by atoms with Gasteiger partial charge in [0.05, 0.1) is 38.6 Å². The number of hydrogen-bond donors (Lipinski definition) is 12. The monoisotopic (exact) mass is 1490 g/mol. The van der Waals surface area contributed by atoms with Crippen LogP contribution in [0.1, 0.15) is 348 Å². The number of unbranched alkanes of at least 4 members (excludes halogenated alkanes) is 43. The van der Waals surface area contributed by atoms with Crippen LogP contribution in [0.15, 0.2) is 60.8 Å². The summed E-state index contributed by atoms with van der Waals surface area (Å²) < 4.78 is 34.6. The van der Waals surface area contributed by atoms with Gasteiger partial charge >= 0.3 is 0 Å². The minimum absolute atomic E-state index is 0.236. The molecule has 105 heavy (non-hydrogen) atoms. The second-order valence-electron chi connectivity index (χ2n) is 30.6. The summed E-state index contributed by atoms with van der Waals surface area (Å²) in [5.41, 5.74) is 0. The summed E-state index contributed by atoms with van der Waals surface area (Å²) in [5, 5.41) is 121. The van der Waals surface area contributed by atoms with Crippen LogP contribution in [0.5, 0.6) is 0 Å². The lowest BCUT2D eigenvalue weighted by Gasteiger charge is -2.48. The first kappa shape index (κ1) is 96.7. The maximum absolute atomic E-state index is 13.5. The van der Waals surface area contributed by atoms with Gasteiger partial charge < -0.3 is 89.9 Å². The van der Waals surface area contributed by atoms with E-state index in [1.54, 1.807) is 0 Å². The zero-order valence-corrected chi connectivity index (χ0v) is 66.0. The van der Waals surface area contributed by atoms with E-state index >= 15 is 0 Å². The summed E-state index contributed by atoms with van der Waals surface area (Å²) in [6.45, 7) is 1.74. The Morgan fingerprint density at radius 3 is 1.03 bits per heavy atom. The van der Waals surface area contributed by atoms with Crippen molar-refractivity contribution in [2.75, 3.05) is 26.4 Å². The standard InChI is InChI=1S/C86H157NO18/c1-3-5-7-9-11-13-15-17-19-21-23-25-26-27-28-29-30-31-32-33-34-35-36-37-38-39-40-41-42-44-46-48-50-52-54-56-58-60-62-64-74(92)87-69(70(91)63-61-59-57-55-53-51-49-47-45-43-24-22-20-18-16-14-12-10-8-6-4-2)68-100-84-80(98)77(95)82(72(66-89)102-84)105-86-81(99)78(96)83(73(67-90)103-86)104-85-79(97)76(94)75(93)71(65-88)101-85/h5,7,11,13,17,19,23,25,27-28,69-73,75-86,88-91,93-99H,3-4,6,8-10,12,14-16,18,20-22,24,26,29-68H2,1-2H3,(H,87,92)/b7-5-,13-11-,19-17-,25-23-,28-27-. The highest BCUT2D eigenvalue weighted by molar-refractivity contribution is 5.76. The molecule has 0 spiro atoms. The Morgan fingerprint density at radius 2 is 0.657 bits per heavy atom. The van der Waals surface area contributed by atoms with Crippen molar-refractivity contribution in [2.24, 2.45) is 0 Å². The fourth-order valence-corrected chi connectivity index (χ4v) is 14.5. The van der Waals surface area contributed by atoms with E-state index in [4.69, 9.17) is 28.4 Å². The van der Waals surface area contributed by atoms with Crippen molar-refractivity contribution in [3.63, 3.8) is 0 Å². The van der Waals surface area contributed by atoms with Crippen molar-refractivity contribution in [3.05, 3.63) is 60.8 Å². The number of nitrogens with one attached hydrogen (secondary N) is 1. The highest BCUT2D eigenvalue weighted by Crippen LogP contribution is 2.33. The molecule has 0 saturated carbocycles. The van der Waals surface area contributed by atoms with Crippen LogP contribution in [0.25, 0.3) is 0 Å². The van der Waals surface area contributed by atoms with Gasteiger partial charge in [0.1, 0.15) is 73.2 Å². The minimum Gasteiger partial charge on any atom is -0.394 e. The zero-order chi connectivity index (χ0) is 76.0. The Hall–Kier alpha value is -2.51. The minimum atomic E-state index is -1.97. The summed E-state index contributed by atoms with van der Waals surface area (Å²) in [5.74, 6) is -0.236. The lowest BCUT2D eigenvalue weighted by atomic mass is 9.96. The van der Waals surface area contributed by atoms with Crippen molar-refractivity contribution in [3.8, 4) is 0 Å². The van der Waals surface area contributed by atoms with Crippen molar-refractivity contribution in [1.29, 1.82) is 0 Å². The van der Waals surface area contributed by atoms with Crippen LogP contribution in [0.4, 0.5) is 0 Å².